The van der Waals surface area contributed by atoms with E-state index in [1.807, 2.05) is 0 Å². The fraction of sp³-hybridized carbons (Fsp3) is 0.929. The van der Waals surface area contributed by atoms with Crippen LogP contribution in [0.2, 0.25) is 0 Å². The van der Waals surface area contributed by atoms with E-state index in [1.54, 1.807) is 0 Å². The molecular formula is C14H24N2O. The van der Waals surface area contributed by atoms with Gasteiger partial charge < -0.3 is 10.2 Å². The van der Waals surface area contributed by atoms with Gasteiger partial charge in [0.2, 0.25) is 5.91 Å². The van der Waals surface area contributed by atoms with Gasteiger partial charge in [0.05, 0.1) is 0 Å². The van der Waals surface area contributed by atoms with Crippen LogP contribution in [0.4, 0.5) is 0 Å². The summed E-state index contributed by atoms with van der Waals surface area (Å²) in [5.74, 6) is 2.08. The lowest BCUT2D eigenvalue weighted by molar-refractivity contribution is -0.139. The average Bonchev–Trinajstić information content (AvgIpc) is 2.60. The smallest absolute Gasteiger partial charge is 0.226 e. The summed E-state index contributed by atoms with van der Waals surface area (Å²) in [7, 11) is 0. The standard InChI is InChI=1S/C14H24N2O/c1-10(12-8-15-9-12)14(17)16-7-3-6-13(16)11-4-2-5-11/h10-13,15H,2-9H2,1H3. The van der Waals surface area contributed by atoms with E-state index in [9.17, 15) is 4.79 Å². The largest absolute Gasteiger partial charge is 0.339 e. The van der Waals surface area contributed by atoms with Crippen molar-refractivity contribution in [2.75, 3.05) is 19.6 Å². The van der Waals surface area contributed by atoms with Gasteiger partial charge in [0.1, 0.15) is 0 Å². The molecule has 2 unspecified atom stereocenters. The zero-order valence-corrected chi connectivity index (χ0v) is 10.8. The van der Waals surface area contributed by atoms with Gasteiger partial charge in [-0.1, -0.05) is 13.3 Å². The van der Waals surface area contributed by atoms with Crippen LogP contribution in [0.3, 0.4) is 0 Å². The Labute approximate surface area is 104 Å². The highest BCUT2D eigenvalue weighted by atomic mass is 16.2. The Morgan fingerprint density at radius 3 is 2.53 bits per heavy atom. The van der Waals surface area contributed by atoms with Crippen LogP contribution in [0.5, 0.6) is 0 Å². The van der Waals surface area contributed by atoms with E-state index >= 15 is 0 Å². The molecule has 1 N–H and O–H groups in total. The second-order valence-corrected chi connectivity index (χ2v) is 6.14. The molecule has 2 aliphatic heterocycles. The van der Waals surface area contributed by atoms with Crippen LogP contribution >= 0.6 is 0 Å². The van der Waals surface area contributed by atoms with Gasteiger partial charge in [-0.3, -0.25) is 4.79 Å². The van der Waals surface area contributed by atoms with Crippen molar-refractivity contribution >= 4 is 5.91 Å². The molecule has 1 amide bonds. The topological polar surface area (TPSA) is 32.3 Å². The van der Waals surface area contributed by atoms with Gasteiger partial charge >= 0.3 is 0 Å². The van der Waals surface area contributed by atoms with Gasteiger partial charge in [0, 0.05) is 18.5 Å². The van der Waals surface area contributed by atoms with E-state index < -0.39 is 0 Å². The third-order valence-electron chi connectivity index (χ3n) is 5.19. The first-order valence-electron chi connectivity index (χ1n) is 7.28. The summed E-state index contributed by atoms with van der Waals surface area (Å²) in [4.78, 5) is 14.8. The van der Waals surface area contributed by atoms with Gasteiger partial charge in [-0.05, 0) is 50.6 Å². The number of rotatable bonds is 3. The van der Waals surface area contributed by atoms with Crippen LogP contribution in [0.15, 0.2) is 0 Å². The van der Waals surface area contributed by atoms with Crippen molar-refractivity contribution < 1.29 is 4.79 Å². The Kier molecular flexibility index (Phi) is 3.12. The Morgan fingerprint density at radius 2 is 2.00 bits per heavy atom. The minimum absolute atomic E-state index is 0.233. The molecule has 3 nitrogen and oxygen atoms in total. The van der Waals surface area contributed by atoms with Crippen molar-refractivity contribution in [3.8, 4) is 0 Å². The lowest BCUT2D eigenvalue weighted by atomic mass is 9.78. The first-order chi connectivity index (χ1) is 8.27. The minimum atomic E-state index is 0.233. The molecular weight excluding hydrogens is 212 g/mol. The molecule has 2 atom stereocenters. The van der Waals surface area contributed by atoms with E-state index in [0.717, 1.165) is 25.6 Å². The van der Waals surface area contributed by atoms with Crippen LogP contribution in [0, 0.1) is 17.8 Å². The van der Waals surface area contributed by atoms with Gasteiger partial charge in [0.15, 0.2) is 0 Å². The summed E-state index contributed by atoms with van der Waals surface area (Å²) in [6, 6.07) is 0.590. The molecule has 17 heavy (non-hydrogen) atoms. The Balaban J connectivity index is 1.62. The molecule has 3 heteroatoms. The summed E-state index contributed by atoms with van der Waals surface area (Å²) in [5.41, 5.74) is 0. The maximum atomic E-state index is 12.5. The Bertz CT molecular complexity index is 297. The molecule has 2 saturated heterocycles. The average molecular weight is 236 g/mol. The predicted octanol–water partition coefficient (Wildman–Crippen LogP) is 1.63. The van der Waals surface area contributed by atoms with Crippen LogP contribution in [-0.4, -0.2) is 36.5 Å². The monoisotopic (exact) mass is 236 g/mol. The molecule has 2 heterocycles. The normalized spacial score (nSPS) is 32.1. The zero-order valence-electron chi connectivity index (χ0n) is 10.8. The Hall–Kier alpha value is -0.570. The van der Waals surface area contributed by atoms with Gasteiger partial charge in [-0.2, -0.15) is 0 Å². The van der Waals surface area contributed by atoms with Crippen molar-refractivity contribution in [3.05, 3.63) is 0 Å². The maximum Gasteiger partial charge on any atom is 0.226 e. The molecule has 0 aromatic carbocycles. The van der Waals surface area contributed by atoms with E-state index in [2.05, 4.69) is 17.1 Å². The first-order valence-corrected chi connectivity index (χ1v) is 7.28. The molecule has 1 aliphatic carbocycles. The summed E-state index contributed by atoms with van der Waals surface area (Å²) in [6.45, 7) is 5.22. The highest BCUT2D eigenvalue weighted by Crippen LogP contribution is 2.38. The predicted molar refractivity (Wildman–Crippen MR) is 67.6 cm³/mol. The van der Waals surface area contributed by atoms with Crippen molar-refractivity contribution in [3.63, 3.8) is 0 Å². The van der Waals surface area contributed by atoms with Crippen molar-refractivity contribution in [2.45, 2.75) is 45.1 Å². The van der Waals surface area contributed by atoms with E-state index in [1.165, 1.54) is 32.1 Å². The second-order valence-electron chi connectivity index (χ2n) is 6.14. The molecule has 96 valence electrons. The van der Waals surface area contributed by atoms with E-state index in [0.29, 0.717) is 17.9 Å². The molecule has 0 aromatic heterocycles. The number of nitrogens with zero attached hydrogens (tertiary/aromatic N) is 1. The number of carbonyl (C=O) groups excluding carboxylic acids is 1. The van der Waals surface area contributed by atoms with Crippen LogP contribution < -0.4 is 5.32 Å². The molecule has 3 fully saturated rings. The number of nitrogens with one attached hydrogen (secondary N) is 1. The number of likely N-dealkylation sites (tertiary alicyclic amines) is 1. The molecule has 0 spiro atoms. The van der Waals surface area contributed by atoms with E-state index in [-0.39, 0.29) is 5.92 Å². The van der Waals surface area contributed by atoms with Crippen LogP contribution in [0.25, 0.3) is 0 Å². The third kappa shape index (κ3) is 1.99. The van der Waals surface area contributed by atoms with Crippen molar-refractivity contribution in [1.29, 1.82) is 0 Å². The lowest BCUT2D eigenvalue weighted by Crippen LogP contribution is -2.52. The molecule has 3 rings (SSSR count). The molecule has 1 saturated carbocycles. The van der Waals surface area contributed by atoms with Crippen molar-refractivity contribution in [2.24, 2.45) is 17.8 Å². The Morgan fingerprint density at radius 1 is 1.24 bits per heavy atom. The highest BCUT2D eigenvalue weighted by molar-refractivity contribution is 5.79. The second kappa shape index (κ2) is 4.60. The fourth-order valence-corrected chi connectivity index (χ4v) is 3.51. The number of hydrogen-bond donors (Lipinski definition) is 1. The summed E-state index contributed by atoms with van der Waals surface area (Å²) >= 11 is 0. The molecule has 3 aliphatic rings. The highest BCUT2D eigenvalue weighted by Gasteiger charge is 2.40. The summed E-state index contributed by atoms with van der Waals surface area (Å²) in [5, 5.41) is 3.27. The van der Waals surface area contributed by atoms with Gasteiger partial charge in [-0.25, -0.2) is 0 Å². The summed E-state index contributed by atoms with van der Waals surface area (Å²) in [6.07, 6.45) is 6.57. The van der Waals surface area contributed by atoms with Gasteiger partial charge in [-0.15, -0.1) is 0 Å². The quantitative estimate of drug-likeness (QED) is 0.808. The van der Waals surface area contributed by atoms with Crippen molar-refractivity contribution in [1.82, 2.24) is 10.2 Å². The number of amides is 1. The first kappa shape index (κ1) is 11.5. The van der Waals surface area contributed by atoms with E-state index in [4.69, 9.17) is 0 Å². The molecule has 0 aromatic rings. The number of carbonyl (C=O) groups is 1. The van der Waals surface area contributed by atoms with Crippen LogP contribution in [-0.2, 0) is 4.79 Å². The van der Waals surface area contributed by atoms with Crippen LogP contribution in [0.1, 0.15) is 39.0 Å². The van der Waals surface area contributed by atoms with Gasteiger partial charge in [0.25, 0.3) is 0 Å². The summed E-state index contributed by atoms with van der Waals surface area (Å²) < 4.78 is 0. The zero-order chi connectivity index (χ0) is 11.8. The SMILES string of the molecule is CC(C(=O)N1CCCC1C1CCC1)C1CNC1. The third-order valence-corrected chi connectivity index (χ3v) is 5.19. The lowest BCUT2D eigenvalue weighted by Gasteiger charge is -2.40. The maximum absolute atomic E-state index is 12.5. The fourth-order valence-electron chi connectivity index (χ4n) is 3.51. The molecule has 0 radical (unpaired) electrons. The minimum Gasteiger partial charge on any atom is -0.339 e. The number of hydrogen-bond acceptors (Lipinski definition) is 2. The molecule has 0 bridgehead atoms.